The predicted octanol–water partition coefficient (Wildman–Crippen LogP) is 3.96. The largest absolute Gasteiger partial charge is 0.204 e. The van der Waals surface area contributed by atoms with Crippen LogP contribution < -0.4 is 0 Å². The van der Waals surface area contributed by atoms with Gasteiger partial charge in [0.1, 0.15) is 5.69 Å². The molecule has 0 fully saturated rings. The minimum Gasteiger partial charge on any atom is -0.204 e. The molecule has 1 aromatic carbocycles. The lowest BCUT2D eigenvalue weighted by atomic mass is 10.2. The van der Waals surface area contributed by atoms with Gasteiger partial charge >= 0.3 is 0 Å². The van der Waals surface area contributed by atoms with Crippen molar-refractivity contribution in [1.29, 1.82) is 5.53 Å². The molecule has 2 nitrogen and oxygen atoms in total. The first kappa shape index (κ1) is 8.50. The second-order valence-electron chi connectivity index (χ2n) is 2.16. The fourth-order valence-corrected chi connectivity index (χ4v) is 1.47. The first-order chi connectivity index (χ1) is 5.15. The molecule has 0 spiro atoms. The third kappa shape index (κ3) is 1.70. The number of halogens is 2. The summed E-state index contributed by atoms with van der Waals surface area (Å²) in [4.78, 5) is 0. The normalized spacial score (nSPS) is 9.73. The van der Waals surface area contributed by atoms with Crippen LogP contribution in [0.4, 0.5) is 5.69 Å². The summed E-state index contributed by atoms with van der Waals surface area (Å²) in [5.41, 5.74) is 8.09. The highest BCUT2D eigenvalue weighted by Crippen LogP contribution is 2.31. The lowest BCUT2D eigenvalue weighted by molar-refractivity contribution is 1.13. The first-order valence-electron chi connectivity index (χ1n) is 2.98. The van der Waals surface area contributed by atoms with Gasteiger partial charge in [-0.3, -0.25) is 0 Å². The zero-order valence-electron chi connectivity index (χ0n) is 5.86. The SMILES string of the molecule is Cc1cc(Cl)cc(Cl)c1N=N. The number of hydrogen-bond acceptors (Lipinski definition) is 2. The van der Waals surface area contributed by atoms with Gasteiger partial charge in [-0.25, -0.2) is 5.53 Å². The van der Waals surface area contributed by atoms with E-state index in [4.69, 9.17) is 28.7 Å². The molecule has 0 aliphatic carbocycles. The molecule has 1 N–H and O–H groups in total. The van der Waals surface area contributed by atoms with E-state index in [1.807, 2.05) is 6.92 Å². The molecule has 1 aromatic rings. The van der Waals surface area contributed by atoms with Gasteiger partial charge in [0.25, 0.3) is 0 Å². The van der Waals surface area contributed by atoms with E-state index in [9.17, 15) is 0 Å². The fraction of sp³-hybridized carbons (Fsp3) is 0.143. The fourth-order valence-electron chi connectivity index (χ4n) is 0.836. The lowest BCUT2D eigenvalue weighted by Gasteiger charge is -2.00. The minimum absolute atomic E-state index is 0.421. The van der Waals surface area contributed by atoms with Gasteiger partial charge in [0.15, 0.2) is 0 Å². The molecule has 0 unspecified atom stereocenters. The summed E-state index contributed by atoms with van der Waals surface area (Å²) in [6.07, 6.45) is 0. The van der Waals surface area contributed by atoms with Crippen molar-refractivity contribution in [2.24, 2.45) is 5.11 Å². The van der Waals surface area contributed by atoms with Crippen LogP contribution in [0.2, 0.25) is 10.0 Å². The molecule has 11 heavy (non-hydrogen) atoms. The van der Waals surface area contributed by atoms with E-state index in [1.54, 1.807) is 12.1 Å². The molecule has 0 atom stereocenters. The summed E-state index contributed by atoms with van der Waals surface area (Å²) in [6, 6.07) is 3.30. The minimum atomic E-state index is 0.421. The Kier molecular flexibility index (Phi) is 2.47. The summed E-state index contributed by atoms with van der Waals surface area (Å²) in [5.74, 6) is 0. The van der Waals surface area contributed by atoms with E-state index < -0.39 is 0 Å². The quantitative estimate of drug-likeness (QED) is 0.649. The van der Waals surface area contributed by atoms with Gasteiger partial charge in [-0.2, -0.15) is 5.11 Å². The van der Waals surface area contributed by atoms with Crippen LogP contribution in [0.15, 0.2) is 17.2 Å². The third-order valence-corrected chi connectivity index (χ3v) is 1.84. The van der Waals surface area contributed by atoms with Crippen molar-refractivity contribution >= 4 is 28.9 Å². The first-order valence-corrected chi connectivity index (χ1v) is 3.74. The second kappa shape index (κ2) is 3.20. The predicted molar refractivity (Wildman–Crippen MR) is 46.0 cm³/mol. The van der Waals surface area contributed by atoms with Crippen LogP contribution in [0, 0.1) is 12.5 Å². The Bertz CT molecular complexity index is 273. The van der Waals surface area contributed by atoms with Gasteiger partial charge < -0.3 is 0 Å². The van der Waals surface area contributed by atoms with Gasteiger partial charge in [0.2, 0.25) is 0 Å². The van der Waals surface area contributed by atoms with Crippen LogP contribution in [-0.4, -0.2) is 0 Å². The average Bonchev–Trinajstić information content (AvgIpc) is 1.85. The molecule has 0 radical (unpaired) electrons. The maximum atomic E-state index is 6.79. The molecule has 0 aliphatic rings. The van der Waals surface area contributed by atoms with E-state index in [2.05, 4.69) is 5.11 Å². The molecule has 0 saturated carbocycles. The topological polar surface area (TPSA) is 36.2 Å². The number of nitrogens with one attached hydrogen (secondary N) is 1. The summed E-state index contributed by atoms with van der Waals surface area (Å²) in [6.45, 7) is 1.81. The molecule has 0 aliphatic heterocycles. The zero-order chi connectivity index (χ0) is 8.43. The third-order valence-electron chi connectivity index (χ3n) is 1.33. The Hall–Kier alpha value is -0.600. The number of nitrogens with zero attached hydrogens (tertiary/aromatic N) is 1. The van der Waals surface area contributed by atoms with Crippen LogP contribution in [0.1, 0.15) is 5.56 Å². The number of benzene rings is 1. The molecule has 0 aromatic heterocycles. The Labute approximate surface area is 74.6 Å². The summed E-state index contributed by atoms with van der Waals surface area (Å²) < 4.78 is 0. The van der Waals surface area contributed by atoms with Crippen molar-refractivity contribution in [2.75, 3.05) is 0 Å². The molecular weight excluding hydrogens is 183 g/mol. The molecule has 0 heterocycles. The van der Waals surface area contributed by atoms with Crippen LogP contribution in [0.25, 0.3) is 0 Å². The number of aryl methyl sites for hydroxylation is 1. The van der Waals surface area contributed by atoms with E-state index in [0.717, 1.165) is 5.56 Å². The van der Waals surface area contributed by atoms with Crippen molar-refractivity contribution in [3.63, 3.8) is 0 Å². The Balaban J connectivity index is 3.36. The van der Waals surface area contributed by atoms with Gasteiger partial charge in [0.05, 0.1) is 5.02 Å². The summed E-state index contributed by atoms with van der Waals surface area (Å²) in [7, 11) is 0. The molecular formula is C7H6Cl2N2. The molecule has 1 rings (SSSR count). The van der Waals surface area contributed by atoms with Gasteiger partial charge in [-0.05, 0) is 24.6 Å². The van der Waals surface area contributed by atoms with Crippen LogP contribution in [0.5, 0.6) is 0 Å². The molecule has 0 bridgehead atoms. The van der Waals surface area contributed by atoms with Crippen molar-refractivity contribution < 1.29 is 0 Å². The Morgan fingerprint density at radius 2 is 2.00 bits per heavy atom. The maximum Gasteiger partial charge on any atom is 0.107 e. The van der Waals surface area contributed by atoms with Crippen molar-refractivity contribution in [1.82, 2.24) is 0 Å². The molecule has 4 heteroatoms. The van der Waals surface area contributed by atoms with Crippen LogP contribution >= 0.6 is 23.2 Å². The smallest absolute Gasteiger partial charge is 0.107 e. The molecule has 0 saturated heterocycles. The number of hydrogen-bond donors (Lipinski definition) is 1. The highest BCUT2D eigenvalue weighted by Gasteiger charge is 2.03. The van der Waals surface area contributed by atoms with E-state index in [0.29, 0.717) is 15.7 Å². The average molecular weight is 189 g/mol. The van der Waals surface area contributed by atoms with E-state index in [1.165, 1.54) is 0 Å². The summed E-state index contributed by atoms with van der Waals surface area (Å²) >= 11 is 11.4. The van der Waals surface area contributed by atoms with Crippen LogP contribution in [-0.2, 0) is 0 Å². The standard InChI is InChI=1S/C7H6Cl2N2/c1-4-2-5(8)3-6(9)7(4)11-10/h2-3,10H,1H3. The monoisotopic (exact) mass is 188 g/mol. The van der Waals surface area contributed by atoms with Crippen molar-refractivity contribution in [2.45, 2.75) is 6.92 Å². The van der Waals surface area contributed by atoms with Crippen molar-refractivity contribution in [3.05, 3.63) is 27.7 Å². The highest BCUT2D eigenvalue weighted by molar-refractivity contribution is 6.36. The highest BCUT2D eigenvalue weighted by atomic mass is 35.5. The maximum absolute atomic E-state index is 6.79. The zero-order valence-corrected chi connectivity index (χ0v) is 7.37. The van der Waals surface area contributed by atoms with Gasteiger partial charge in [-0.1, -0.05) is 23.2 Å². The van der Waals surface area contributed by atoms with Crippen LogP contribution in [0.3, 0.4) is 0 Å². The lowest BCUT2D eigenvalue weighted by Crippen LogP contribution is -1.75. The van der Waals surface area contributed by atoms with Crippen molar-refractivity contribution in [3.8, 4) is 0 Å². The van der Waals surface area contributed by atoms with E-state index in [-0.39, 0.29) is 0 Å². The Morgan fingerprint density at radius 1 is 1.36 bits per heavy atom. The number of rotatable bonds is 1. The second-order valence-corrected chi connectivity index (χ2v) is 3.01. The Morgan fingerprint density at radius 3 is 2.45 bits per heavy atom. The van der Waals surface area contributed by atoms with Gasteiger partial charge in [0, 0.05) is 5.02 Å². The van der Waals surface area contributed by atoms with Gasteiger partial charge in [-0.15, -0.1) is 0 Å². The van der Waals surface area contributed by atoms with E-state index >= 15 is 0 Å². The summed E-state index contributed by atoms with van der Waals surface area (Å²) in [5, 5.41) is 4.26. The molecule has 0 amide bonds. The molecule has 58 valence electrons.